The van der Waals surface area contributed by atoms with E-state index in [1.54, 1.807) is 47.4 Å². The highest BCUT2D eigenvalue weighted by atomic mass is 16.5. The summed E-state index contributed by atoms with van der Waals surface area (Å²) in [7, 11) is 0. The van der Waals surface area contributed by atoms with E-state index >= 15 is 0 Å². The van der Waals surface area contributed by atoms with Gasteiger partial charge in [0.2, 0.25) is 0 Å². The van der Waals surface area contributed by atoms with Crippen molar-refractivity contribution in [1.82, 2.24) is 14.8 Å². The summed E-state index contributed by atoms with van der Waals surface area (Å²) in [5.41, 5.74) is 2.83. The van der Waals surface area contributed by atoms with Crippen molar-refractivity contribution < 1.29 is 14.3 Å². The molecule has 0 N–H and O–H groups in total. The van der Waals surface area contributed by atoms with E-state index in [-0.39, 0.29) is 17.8 Å². The normalized spacial score (nSPS) is 11.2. The number of esters is 1. The fourth-order valence-electron chi connectivity index (χ4n) is 2.55. The Kier molecular flexibility index (Phi) is 5.16. The summed E-state index contributed by atoms with van der Waals surface area (Å²) in [6, 6.07) is 14.1. The number of benzene rings is 2. The molecule has 27 heavy (non-hydrogen) atoms. The van der Waals surface area contributed by atoms with E-state index in [2.05, 4.69) is 30.9 Å². The Morgan fingerprint density at radius 1 is 0.963 bits per heavy atom. The molecule has 0 aliphatic carbocycles. The molecule has 0 fully saturated rings. The van der Waals surface area contributed by atoms with Crippen LogP contribution in [0.3, 0.4) is 0 Å². The zero-order valence-corrected chi connectivity index (χ0v) is 15.5. The molecule has 0 bridgehead atoms. The minimum atomic E-state index is -0.542. The zero-order chi connectivity index (χ0) is 19.4. The van der Waals surface area contributed by atoms with Crippen LogP contribution in [0.4, 0.5) is 0 Å². The highest BCUT2D eigenvalue weighted by molar-refractivity contribution is 5.99. The van der Waals surface area contributed by atoms with Crippen molar-refractivity contribution in [3.05, 3.63) is 77.9 Å². The fourth-order valence-corrected chi connectivity index (χ4v) is 2.55. The first-order valence-corrected chi connectivity index (χ1v) is 8.60. The number of ketones is 1. The van der Waals surface area contributed by atoms with Gasteiger partial charge in [0, 0.05) is 5.56 Å². The van der Waals surface area contributed by atoms with Crippen molar-refractivity contribution in [2.24, 2.45) is 0 Å². The van der Waals surface area contributed by atoms with Gasteiger partial charge in [0.15, 0.2) is 12.4 Å². The number of Topliss-reactive ketones (excluding diaryl/α,β-unsaturated/α-hetero) is 1. The van der Waals surface area contributed by atoms with Crippen molar-refractivity contribution in [3.8, 4) is 5.69 Å². The maximum absolute atomic E-state index is 12.3. The highest BCUT2D eigenvalue weighted by Crippen LogP contribution is 2.22. The lowest BCUT2D eigenvalue weighted by Crippen LogP contribution is -2.15. The average Bonchev–Trinajstić information content (AvgIpc) is 3.20. The van der Waals surface area contributed by atoms with E-state index in [9.17, 15) is 9.59 Å². The summed E-state index contributed by atoms with van der Waals surface area (Å²) in [4.78, 5) is 28.3. The summed E-state index contributed by atoms with van der Waals surface area (Å²) < 4.78 is 6.73. The van der Waals surface area contributed by atoms with Crippen LogP contribution in [0, 0.1) is 0 Å². The number of carbonyl (C=O) groups excluding carboxylic acids is 2. The minimum Gasteiger partial charge on any atom is -0.454 e. The molecular formula is C21H21N3O3. The van der Waals surface area contributed by atoms with E-state index in [1.807, 2.05) is 12.1 Å². The van der Waals surface area contributed by atoms with Crippen molar-refractivity contribution >= 4 is 11.8 Å². The summed E-state index contributed by atoms with van der Waals surface area (Å²) in [5, 5.41) is 4.02. The maximum atomic E-state index is 12.3. The van der Waals surface area contributed by atoms with E-state index in [0.717, 1.165) is 11.3 Å². The van der Waals surface area contributed by atoms with E-state index in [1.165, 1.54) is 6.33 Å². The largest absolute Gasteiger partial charge is 0.454 e. The quantitative estimate of drug-likeness (QED) is 0.511. The molecule has 0 saturated heterocycles. The van der Waals surface area contributed by atoms with Crippen LogP contribution < -0.4 is 0 Å². The fraction of sp³-hybridized carbons (Fsp3) is 0.238. The van der Waals surface area contributed by atoms with Gasteiger partial charge in [-0.25, -0.2) is 14.5 Å². The predicted molar refractivity (Wildman–Crippen MR) is 101 cm³/mol. The summed E-state index contributed by atoms with van der Waals surface area (Å²) >= 11 is 0. The van der Waals surface area contributed by atoms with Crippen LogP contribution in [0.1, 0.15) is 47.1 Å². The van der Waals surface area contributed by atoms with Gasteiger partial charge in [-0.2, -0.15) is 5.10 Å². The Hall–Kier alpha value is -3.28. The molecule has 0 radical (unpaired) electrons. The van der Waals surface area contributed by atoms with Gasteiger partial charge < -0.3 is 4.74 Å². The number of hydrogen-bond acceptors (Lipinski definition) is 5. The smallest absolute Gasteiger partial charge is 0.338 e. The number of hydrogen-bond donors (Lipinski definition) is 0. The maximum Gasteiger partial charge on any atom is 0.338 e. The molecule has 6 heteroatoms. The predicted octanol–water partition coefficient (Wildman–Crippen LogP) is 3.60. The Morgan fingerprint density at radius 3 is 2.15 bits per heavy atom. The first-order valence-electron chi connectivity index (χ1n) is 8.60. The van der Waals surface area contributed by atoms with Gasteiger partial charge in [0.1, 0.15) is 12.7 Å². The first kappa shape index (κ1) is 18.5. The van der Waals surface area contributed by atoms with E-state index in [0.29, 0.717) is 11.1 Å². The molecule has 0 amide bonds. The SMILES string of the molecule is CC(C)(C)c1ccc(C(=O)COC(=O)c2ccc(-n3cncn3)cc2)cc1. The van der Waals surface area contributed by atoms with Gasteiger partial charge in [-0.3, -0.25) is 4.79 Å². The Balaban J connectivity index is 1.59. The second-order valence-electron chi connectivity index (χ2n) is 7.21. The summed E-state index contributed by atoms with van der Waals surface area (Å²) in [5.74, 6) is -0.775. The second-order valence-corrected chi connectivity index (χ2v) is 7.21. The molecule has 0 aliphatic heterocycles. The van der Waals surface area contributed by atoms with Gasteiger partial charge in [-0.05, 0) is 35.2 Å². The molecule has 0 saturated carbocycles. The molecular weight excluding hydrogens is 342 g/mol. The first-order chi connectivity index (χ1) is 12.8. The molecule has 0 aliphatic rings. The molecule has 3 rings (SSSR count). The molecule has 0 spiro atoms. The van der Waals surface area contributed by atoms with Crippen LogP contribution in [0.25, 0.3) is 5.69 Å². The van der Waals surface area contributed by atoms with Gasteiger partial charge >= 0.3 is 5.97 Å². The lowest BCUT2D eigenvalue weighted by molar-refractivity contribution is 0.0475. The van der Waals surface area contributed by atoms with Crippen LogP contribution in [-0.2, 0) is 10.2 Å². The number of rotatable bonds is 5. The molecule has 6 nitrogen and oxygen atoms in total. The molecule has 0 unspecified atom stereocenters. The van der Waals surface area contributed by atoms with Gasteiger partial charge in [0.25, 0.3) is 0 Å². The molecule has 0 atom stereocenters. The lowest BCUT2D eigenvalue weighted by atomic mass is 9.86. The third kappa shape index (κ3) is 4.47. The van der Waals surface area contributed by atoms with Crippen molar-refractivity contribution in [3.63, 3.8) is 0 Å². The number of nitrogens with zero attached hydrogens (tertiary/aromatic N) is 3. The van der Waals surface area contributed by atoms with Crippen molar-refractivity contribution in [2.75, 3.05) is 6.61 Å². The highest BCUT2D eigenvalue weighted by Gasteiger charge is 2.15. The minimum absolute atomic E-state index is 0.0203. The number of aromatic nitrogens is 3. The van der Waals surface area contributed by atoms with Crippen LogP contribution in [-0.4, -0.2) is 33.1 Å². The van der Waals surface area contributed by atoms with Gasteiger partial charge in [0.05, 0.1) is 11.3 Å². The second kappa shape index (κ2) is 7.53. The third-order valence-corrected chi connectivity index (χ3v) is 4.19. The van der Waals surface area contributed by atoms with Crippen molar-refractivity contribution in [2.45, 2.75) is 26.2 Å². The molecule has 1 aromatic heterocycles. The summed E-state index contributed by atoms with van der Waals surface area (Å²) in [6.07, 6.45) is 3.00. The van der Waals surface area contributed by atoms with Crippen LogP contribution in [0.2, 0.25) is 0 Å². The van der Waals surface area contributed by atoms with Crippen LogP contribution in [0.5, 0.6) is 0 Å². The third-order valence-electron chi connectivity index (χ3n) is 4.19. The Labute approximate surface area is 157 Å². The average molecular weight is 363 g/mol. The molecule has 1 heterocycles. The van der Waals surface area contributed by atoms with E-state index < -0.39 is 5.97 Å². The van der Waals surface area contributed by atoms with Crippen molar-refractivity contribution in [1.29, 1.82) is 0 Å². The number of carbonyl (C=O) groups is 2. The molecule has 3 aromatic rings. The molecule has 2 aromatic carbocycles. The summed E-state index contributed by atoms with van der Waals surface area (Å²) in [6.45, 7) is 6.04. The number of ether oxygens (including phenoxy) is 1. The van der Waals surface area contributed by atoms with Crippen LogP contribution in [0.15, 0.2) is 61.2 Å². The topological polar surface area (TPSA) is 74.1 Å². The standard InChI is InChI=1S/C21H21N3O3/c1-21(2,3)17-8-4-15(5-9-17)19(25)12-27-20(26)16-6-10-18(11-7-16)24-14-22-13-23-24/h4-11,13-14H,12H2,1-3H3. The van der Waals surface area contributed by atoms with E-state index in [4.69, 9.17) is 4.74 Å². The lowest BCUT2D eigenvalue weighted by Gasteiger charge is -2.18. The molecule has 138 valence electrons. The Bertz CT molecular complexity index is 922. The van der Waals surface area contributed by atoms with Gasteiger partial charge in [-0.1, -0.05) is 45.0 Å². The zero-order valence-electron chi connectivity index (χ0n) is 15.5. The van der Waals surface area contributed by atoms with Crippen LogP contribution >= 0.6 is 0 Å². The van der Waals surface area contributed by atoms with Gasteiger partial charge in [-0.15, -0.1) is 0 Å². The monoisotopic (exact) mass is 363 g/mol. The Morgan fingerprint density at radius 2 is 1.59 bits per heavy atom.